The number of benzene rings is 1. The molecule has 0 heterocycles. The van der Waals surface area contributed by atoms with Crippen molar-refractivity contribution in [1.29, 1.82) is 0 Å². The molecule has 1 aromatic rings. The summed E-state index contributed by atoms with van der Waals surface area (Å²) >= 11 is 0. The molecule has 1 unspecified atom stereocenters. The monoisotopic (exact) mass is 328 g/mol. The van der Waals surface area contributed by atoms with E-state index in [0.29, 0.717) is 0 Å². The van der Waals surface area contributed by atoms with Crippen LogP contribution < -0.4 is 0 Å². The zero-order chi connectivity index (χ0) is 17.3. The number of unbranched alkanes of at least 4 members (excludes halogenated alkanes) is 5. The Kier molecular flexibility index (Phi) is 8.15. The van der Waals surface area contributed by atoms with E-state index in [0.717, 1.165) is 37.7 Å². The van der Waals surface area contributed by atoms with Crippen molar-refractivity contribution in [1.82, 2.24) is 0 Å². The lowest BCUT2D eigenvalue weighted by atomic mass is 9.74. The van der Waals surface area contributed by atoms with Gasteiger partial charge in [0.15, 0.2) is 0 Å². The smallest absolute Gasteiger partial charge is 0.166 e. The van der Waals surface area contributed by atoms with Gasteiger partial charge in [-0.05, 0) is 29.9 Å². The molecule has 0 amide bonds. The molecule has 0 bridgehead atoms. The van der Waals surface area contributed by atoms with E-state index in [2.05, 4.69) is 20.8 Å². The van der Waals surface area contributed by atoms with E-state index in [9.17, 15) is 13.2 Å². The van der Waals surface area contributed by atoms with Crippen molar-refractivity contribution in [2.75, 3.05) is 0 Å². The molecular formula is C20H31F3. The quantitative estimate of drug-likeness (QED) is 0.390. The third-order valence-electron chi connectivity index (χ3n) is 4.80. The maximum Gasteiger partial charge on any atom is 0.416 e. The fraction of sp³-hybridized carbons (Fsp3) is 0.700. The Hall–Kier alpha value is -0.990. The molecule has 0 nitrogen and oxygen atoms in total. The van der Waals surface area contributed by atoms with Crippen molar-refractivity contribution in [3.63, 3.8) is 0 Å². The van der Waals surface area contributed by atoms with Crippen LogP contribution >= 0.6 is 0 Å². The molecule has 0 spiro atoms. The second kappa shape index (κ2) is 9.34. The Bertz CT molecular complexity index is 450. The van der Waals surface area contributed by atoms with Gasteiger partial charge in [0.2, 0.25) is 0 Å². The summed E-state index contributed by atoms with van der Waals surface area (Å²) in [4.78, 5) is 0. The van der Waals surface area contributed by atoms with Crippen molar-refractivity contribution < 1.29 is 13.2 Å². The largest absolute Gasteiger partial charge is 0.416 e. The molecule has 0 radical (unpaired) electrons. The molecule has 0 saturated heterocycles. The molecule has 0 aliphatic heterocycles. The lowest BCUT2D eigenvalue weighted by Crippen LogP contribution is -2.23. The number of hydrogen-bond acceptors (Lipinski definition) is 0. The maximum atomic E-state index is 13.0. The third kappa shape index (κ3) is 6.56. The van der Waals surface area contributed by atoms with Gasteiger partial charge in [-0.15, -0.1) is 0 Å². The van der Waals surface area contributed by atoms with Crippen LogP contribution in [0.15, 0.2) is 24.3 Å². The zero-order valence-corrected chi connectivity index (χ0v) is 14.8. The first-order valence-corrected chi connectivity index (χ1v) is 9.01. The van der Waals surface area contributed by atoms with E-state index in [4.69, 9.17) is 0 Å². The number of hydrogen-bond donors (Lipinski definition) is 0. The average molecular weight is 328 g/mol. The normalized spacial score (nSPS) is 14.7. The summed E-state index contributed by atoms with van der Waals surface area (Å²) in [6, 6.07) is 5.96. The fourth-order valence-corrected chi connectivity index (χ4v) is 3.17. The Morgan fingerprint density at radius 3 is 1.96 bits per heavy atom. The van der Waals surface area contributed by atoms with Gasteiger partial charge >= 0.3 is 6.18 Å². The van der Waals surface area contributed by atoms with Crippen molar-refractivity contribution in [2.24, 2.45) is 0 Å². The molecule has 0 saturated carbocycles. The minimum absolute atomic E-state index is 0.149. The van der Waals surface area contributed by atoms with Gasteiger partial charge in [0.1, 0.15) is 0 Å². The van der Waals surface area contributed by atoms with Crippen LogP contribution in [0, 0.1) is 0 Å². The molecule has 0 fully saturated rings. The molecule has 0 aliphatic carbocycles. The van der Waals surface area contributed by atoms with Crippen molar-refractivity contribution in [3.8, 4) is 0 Å². The molecular weight excluding hydrogens is 297 g/mol. The molecule has 1 rings (SSSR count). The lowest BCUT2D eigenvalue weighted by molar-refractivity contribution is -0.137. The molecule has 0 N–H and O–H groups in total. The Morgan fingerprint density at radius 2 is 1.35 bits per heavy atom. The Balaban J connectivity index is 2.87. The van der Waals surface area contributed by atoms with Crippen LogP contribution in [0.3, 0.4) is 0 Å². The van der Waals surface area contributed by atoms with Gasteiger partial charge in [-0.25, -0.2) is 0 Å². The van der Waals surface area contributed by atoms with Gasteiger partial charge in [0, 0.05) is 0 Å². The summed E-state index contributed by atoms with van der Waals surface area (Å²) < 4.78 is 39.0. The zero-order valence-electron chi connectivity index (χ0n) is 14.8. The average Bonchev–Trinajstić information content (AvgIpc) is 2.52. The van der Waals surface area contributed by atoms with Gasteiger partial charge in [-0.3, -0.25) is 0 Å². The molecule has 1 atom stereocenters. The molecule has 132 valence electrons. The van der Waals surface area contributed by atoms with Crippen molar-refractivity contribution in [2.45, 2.75) is 90.1 Å². The van der Waals surface area contributed by atoms with E-state index in [1.807, 2.05) is 6.07 Å². The van der Waals surface area contributed by atoms with Gasteiger partial charge in [0.25, 0.3) is 0 Å². The first-order chi connectivity index (χ1) is 10.8. The molecule has 0 aromatic heterocycles. The maximum absolute atomic E-state index is 13.0. The standard InChI is InChI=1S/C20H31F3/c1-4-6-8-9-10-15-19(3,14-7-5-2)17-12-11-13-18(16-17)20(21,22)23/h11-13,16H,4-10,14-15H2,1-3H3. The predicted octanol–water partition coefficient (Wildman–Crippen LogP) is 7.51. The van der Waals surface area contributed by atoms with Crippen LogP contribution in [0.4, 0.5) is 13.2 Å². The molecule has 1 aromatic carbocycles. The minimum atomic E-state index is -4.26. The van der Waals surface area contributed by atoms with Crippen LogP contribution in [0.25, 0.3) is 0 Å². The topological polar surface area (TPSA) is 0 Å². The van der Waals surface area contributed by atoms with E-state index in [-0.39, 0.29) is 5.41 Å². The first kappa shape index (κ1) is 20.1. The van der Waals surface area contributed by atoms with Crippen molar-refractivity contribution in [3.05, 3.63) is 35.4 Å². The summed E-state index contributed by atoms with van der Waals surface area (Å²) in [5, 5.41) is 0. The highest BCUT2D eigenvalue weighted by atomic mass is 19.4. The Morgan fingerprint density at radius 1 is 0.783 bits per heavy atom. The van der Waals surface area contributed by atoms with Crippen LogP contribution in [-0.4, -0.2) is 0 Å². The summed E-state index contributed by atoms with van der Waals surface area (Å²) in [6.45, 7) is 6.46. The van der Waals surface area contributed by atoms with E-state index in [1.165, 1.54) is 37.8 Å². The van der Waals surface area contributed by atoms with Crippen LogP contribution in [-0.2, 0) is 11.6 Å². The number of halogens is 3. The highest BCUT2D eigenvalue weighted by molar-refractivity contribution is 5.31. The summed E-state index contributed by atoms with van der Waals surface area (Å²) in [6.07, 6.45) is 5.75. The second-order valence-corrected chi connectivity index (χ2v) is 6.91. The van der Waals surface area contributed by atoms with Crippen LogP contribution in [0.1, 0.15) is 89.7 Å². The highest BCUT2D eigenvalue weighted by Crippen LogP contribution is 2.38. The highest BCUT2D eigenvalue weighted by Gasteiger charge is 2.33. The molecule has 3 heteroatoms. The van der Waals surface area contributed by atoms with Crippen molar-refractivity contribution >= 4 is 0 Å². The molecule has 0 aliphatic rings. The molecule has 23 heavy (non-hydrogen) atoms. The van der Waals surface area contributed by atoms with E-state index in [1.54, 1.807) is 6.07 Å². The fourth-order valence-electron chi connectivity index (χ4n) is 3.17. The lowest BCUT2D eigenvalue weighted by Gasteiger charge is -2.31. The predicted molar refractivity (Wildman–Crippen MR) is 91.7 cm³/mol. The van der Waals surface area contributed by atoms with Gasteiger partial charge < -0.3 is 0 Å². The summed E-state index contributed by atoms with van der Waals surface area (Å²) in [5.74, 6) is 0. The third-order valence-corrected chi connectivity index (χ3v) is 4.80. The first-order valence-electron chi connectivity index (χ1n) is 9.01. The van der Waals surface area contributed by atoms with Crippen LogP contribution in [0.5, 0.6) is 0 Å². The van der Waals surface area contributed by atoms with Gasteiger partial charge in [0.05, 0.1) is 5.56 Å². The Labute approximate surface area is 139 Å². The second-order valence-electron chi connectivity index (χ2n) is 6.91. The van der Waals surface area contributed by atoms with Gasteiger partial charge in [-0.1, -0.05) is 83.9 Å². The van der Waals surface area contributed by atoms with Gasteiger partial charge in [-0.2, -0.15) is 13.2 Å². The van der Waals surface area contributed by atoms with E-state index < -0.39 is 11.7 Å². The number of rotatable bonds is 10. The SMILES string of the molecule is CCCCCCCC(C)(CCCC)c1cccc(C(F)(F)F)c1. The van der Waals surface area contributed by atoms with Crippen LogP contribution in [0.2, 0.25) is 0 Å². The summed E-state index contributed by atoms with van der Waals surface area (Å²) in [7, 11) is 0. The number of alkyl halides is 3. The summed E-state index contributed by atoms with van der Waals surface area (Å²) in [5.41, 5.74) is 0.170. The minimum Gasteiger partial charge on any atom is -0.166 e. The van der Waals surface area contributed by atoms with E-state index >= 15 is 0 Å².